The summed E-state index contributed by atoms with van der Waals surface area (Å²) >= 11 is 0.382. The van der Waals surface area contributed by atoms with Gasteiger partial charge in [-0.05, 0) is 38.8 Å². The molecule has 0 unspecified atom stereocenters. The van der Waals surface area contributed by atoms with Crippen molar-refractivity contribution in [2.24, 2.45) is 0 Å². The Balaban J connectivity index is 0.00000151. The van der Waals surface area contributed by atoms with Gasteiger partial charge in [0.2, 0.25) is 11.9 Å². The third kappa shape index (κ3) is 10.1. The van der Waals surface area contributed by atoms with Crippen LogP contribution in [0.1, 0.15) is 55.4 Å². The molecule has 0 aliphatic rings. The minimum atomic E-state index is -0.419. The van der Waals surface area contributed by atoms with E-state index in [1.54, 1.807) is 0 Å². The third-order valence-electron chi connectivity index (χ3n) is 4.35. The third-order valence-corrected chi connectivity index (χ3v) is 9.72. The van der Waals surface area contributed by atoms with Gasteiger partial charge in [-0.1, -0.05) is 85.7 Å². The Morgan fingerprint density at radius 2 is 1.03 bits per heavy atom. The maximum atomic E-state index is 4.76. The van der Waals surface area contributed by atoms with Crippen molar-refractivity contribution in [1.29, 1.82) is 0 Å². The Bertz CT molecular complexity index is 710. The first-order valence-corrected chi connectivity index (χ1v) is 16.2. The van der Waals surface area contributed by atoms with E-state index in [-0.39, 0.29) is 0 Å². The van der Waals surface area contributed by atoms with Crippen LogP contribution < -0.4 is 10.2 Å². The summed E-state index contributed by atoms with van der Waals surface area (Å²) in [7, 11) is 8.63. The molecule has 1 heterocycles. The molecule has 2 aromatic rings. The monoisotopic (exact) mass is 548 g/mol. The van der Waals surface area contributed by atoms with Crippen LogP contribution in [0, 0.1) is 0 Å². The van der Waals surface area contributed by atoms with Gasteiger partial charge in [0, 0.05) is 5.56 Å². The van der Waals surface area contributed by atoms with Crippen LogP contribution >= 0.6 is 36.4 Å². The van der Waals surface area contributed by atoms with E-state index >= 15 is 0 Å². The van der Waals surface area contributed by atoms with E-state index in [0.29, 0.717) is 53.2 Å². The average Bonchev–Trinajstić information content (AvgIpc) is 2.70. The van der Waals surface area contributed by atoms with Gasteiger partial charge in [-0.3, -0.25) is 0 Å². The normalized spacial score (nSPS) is 11.6. The molecule has 10 heteroatoms. The van der Waals surface area contributed by atoms with Crippen molar-refractivity contribution in [3.05, 3.63) is 30.3 Å². The SMILES string of the molecule is CC(C)P(Nc1nc(NP(C(C)C)C(C)C)nc(-c2ccccc2)n1)C(C)C.[Cl][Co][Cl]. The van der Waals surface area contributed by atoms with Gasteiger partial charge in [-0.15, -0.1) is 0 Å². The summed E-state index contributed by atoms with van der Waals surface area (Å²) in [6, 6.07) is 10.1. The number of benzene rings is 1. The molecule has 0 atom stereocenters. The van der Waals surface area contributed by atoms with E-state index < -0.39 is 16.1 Å². The predicted molar refractivity (Wildman–Crippen MR) is 139 cm³/mol. The minimum absolute atomic E-state index is 0.382. The fourth-order valence-electron chi connectivity index (χ4n) is 3.13. The van der Waals surface area contributed by atoms with Crippen LogP contribution in [-0.2, 0) is 12.9 Å². The van der Waals surface area contributed by atoms with Gasteiger partial charge in [-0.2, -0.15) is 15.0 Å². The number of hydrogen-bond donors (Lipinski definition) is 2. The summed E-state index contributed by atoms with van der Waals surface area (Å²) in [5.41, 5.74) is 3.20. The molecule has 2 rings (SSSR count). The van der Waals surface area contributed by atoms with Crippen LogP contribution in [0.15, 0.2) is 30.3 Å². The molecule has 177 valence electrons. The number of nitrogens with one attached hydrogen (secondary N) is 2. The van der Waals surface area contributed by atoms with E-state index in [1.807, 2.05) is 30.3 Å². The Morgan fingerprint density at radius 3 is 1.35 bits per heavy atom. The zero-order valence-corrected chi connectivity index (χ0v) is 23.9. The molecule has 0 amide bonds. The van der Waals surface area contributed by atoms with Crippen LogP contribution in [0.3, 0.4) is 0 Å². The summed E-state index contributed by atoms with van der Waals surface area (Å²) in [6.07, 6.45) is 0. The Kier molecular flexibility index (Phi) is 13.8. The summed E-state index contributed by atoms with van der Waals surface area (Å²) < 4.78 is 0. The van der Waals surface area contributed by atoms with Gasteiger partial charge in [0.05, 0.1) is 0 Å². The van der Waals surface area contributed by atoms with Gasteiger partial charge >= 0.3 is 33.2 Å². The number of nitrogens with zero attached hydrogens (tertiary/aromatic N) is 3. The van der Waals surface area contributed by atoms with E-state index in [1.165, 1.54) is 0 Å². The molecule has 1 aromatic carbocycles. The van der Waals surface area contributed by atoms with Crippen LogP contribution in [-0.4, -0.2) is 37.6 Å². The quantitative estimate of drug-likeness (QED) is 0.309. The standard InChI is InChI=1S/C21H35N5P2.2ClH.Co/c1-14(2)27(15(3)4)25-20-22-19(18-12-10-9-11-13-18)23-21(24-20)26-28(16(5)6)17(7)8;;;/h9-17H,1-8H3,(H2,22,23,24,25,26);2*1H;/q;;;+2/p-2. The van der Waals surface area contributed by atoms with Crippen molar-refractivity contribution in [3.63, 3.8) is 0 Å². The average molecular weight is 549 g/mol. The second-order valence-electron chi connectivity index (χ2n) is 8.13. The summed E-state index contributed by atoms with van der Waals surface area (Å²) in [5.74, 6) is 2.06. The molecule has 0 aliphatic heterocycles. The number of halogens is 2. The zero-order chi connectivity index (χ0) is 23.6. The molecule has 0 radical (unpaired) electrons. The van der Waals surface area contributed by atoms with Gasteiger partial charge in [0.15, 0.2) is 5.82 Å². The number of rotatable bonds is 9. The topological polar surface area (TPSA) is 62.7 Å². The van der Waals surface area contributed by atoms with Crippen molar-refractivity contribution in [3.8, 4) is 11.4 Å². The Hall–Kier alpha value is -0.224. The molecular formula is C21H35Cl2CoN5P2. The van der Waals surface area contributed by atoms with Gasteiger partial charge in [0.1, 0.15) is 0 Å². The molecule has 0 fully saturated rings. The first kappa shape index (κ1) is 28.8. The maximum absolute atomic E-state index is 4.76. The van der Waals surface area contributed by atoms with Gasteiger partial charge in [0.25, 0.3) is 0 Å². The van der Waals surface area contributed by atoms with E-state index in [4.69, 9.17) is 35.2 Å². The first-order chi connectivity index (χ1) is 14.6. The van der Waals surface area contributed by atoms with Crippen LogP contribution in [0.2, 0.25) is 0 Å². The number of hydrogen-bond acceptors (Lipinski definition) is 5. The van der Waals surface area contributed by atoms with Crippen molar-refractivity contribution in [2.75, 3.05) is 10.2 Å². The van der Waals surface area contributed by atoms with Crippen LogP contribution in [0.4, 0.5) is 11.9 Å². The Morgan fingerprint density at radius 1 is 0.677 bits per heavy atom. The van der Waals surface area contributed by atoms with Gasteiger partial charge in [-0.25, -0.2) is 0 Å². The van der Waals surface area contributed by atoms with E-state index in [9.17, 15) is 0 Å². The molecule has 1 aromatic heterocycles. The summed E-state index contributed by atoms with van der Waals surface area (Å²) in [5, 5.41) is 7.26. The molecule has 2 N–H and O–H groups in total. The van der Waals surface area contributed by atoms with Gasteiger partial charge < -0.3 is 10.2 Å². The first-order valence-electron chi connectivity index (χ1n) is 10.4. The molecule has 0 aliphatic carbocycles. The molecule has 0 spiro atoms. The molecule has 31 heavy (non-hydrogen) atoms. The second kappa shape index (κ2) is 14.8. The zero-order valence-electron chi connectivity index (χ0n) is 19.5. The predicted octanol–water partition coefficient (Wildman–Crippen LogP) is 8.17. The second-order valence-corrected chi connectivity index (χ2v) is 16.1. The molecule has 0 saturated carbocycles. The molecule has 0 bridgehead atoms. The Labute approximate surface area is 205 Å². The van der Waals surface area contributed by atoms with E-state index in [2.05, 4.69) is 65.6 Å². The fourth-order valence-corrected chi connectivity index (χ4v) is 7.21. The fraction of sp³-hybridized carbons (Fsp3) is 0.571. The van der Waals surface area contributed by atoms with Crippen LogP contribution in [0.25, 0.3) is 11.4 Å². The summed E-state index contributed by atoms with van der Waals surface area (Å²) in [6.45, 7) is 18.1. The molecular weight excluding hydrogens is 514 g/mol. The number of anilines is 2. The molecule has 5 nitrogen and oxygen atoms in total. The summed E-state index contributed by atoms with van der Waals surface area (Å²) in [4.78, 5) is 14.3. The van der Waals surface area contributed by atoms with Crippen molar-refractivity contribution >= 4 is 48.3 Å². The van der Waals surface area contributed by atoms with Crippen molar-refractivity contribution < 1.29 is 12.9 Å². The van der Waals surface area contributed by atoms with Crippen molar-refractivity contribution in [2.45, 2.75) is 78.0 Å². The van der Waals surface area contributed by atoms with Crippen LogP contribution in [0.5, 0.6) is 0 Å². The molecule has 0 saturated heterocycles. The van der Waals surface area contributed by atoms with Crippen molar-refractivity contribution in [1.82, 2.24) is 15.0 Å². The van der Waals surface area contributed by atoms with E-state index in [0.717, 1.165) is 5.56 Å². The number of aromatic nitrogens is 3.